The van der Waals surface area contributed by atoms with E-state index in [9.17, 15) is 4.79 Å². The van der Waals surface area contributed by atoms with E-state index in [1.807, 2.05) is 35.7 Å². The molecule has 1 heterocycles. The van der Waals surface area contributed by atoms with E-state index < -0.39 is 0 Å². The first-order valence-corrected chi connectivity index (χ1v) is 12.4. The molecule has 0 bridgehead atoms. The number of halogens is 2. The van der Waals surface area contributed by atoms with Gasteiger partial charge >= 0.3 is 0 Å². The Bertz CT molecular complexity index is 1370. The summed E-state index contributed by atoms with van der Waals surface area (Å²) < 4.78 is 16.5. The summed E-state index contributed by atoms with van der Waals surface area (Å²) in [6.45, 7) is 0.193. The summed E-state index contributed by atoms with van der Waals surface area (Å²) in [7, 11) is 3.17. The summed E-state index contributed by atoms with van der Waals surface area (Å²) in [6.07, 6.45) is 3.12. The fourth-order valence-corrected chi connectivity index (χ4v) is 4.50. The summed E-state index contributed by atoms with van der Waals surface area (Å²) >= 11 is 13.8. The molecular formula is C27H22Cl2N2O4S. The van der Waals surface area contributed by atoms with E-state index in [0.29, 0.717) is 32.2 Å². The molecule has 1 aromatic heterocycles. The number of benzene rings is 3. The molecule has 0 radical (unpaired) electrons. The predicted molar refractivity (Wildman–Crippen MR) is 146 cm³/mol. The number of methoxy groups -OCH3 is 2. The van der Waals surface area contributed by atoms with Gasteiger partial charge in [0.1, 0.15) is 12.4 Å². The number of thiazole rings is 1. The number of rotatable bonds is 9. The monoisotopic (exact) mass is 540 g/mol. The van der Waals surface area contributed by atoms with Crippen molar-refractivity contribution in [1.82, 2.24) is 4.98 Å². The molecule has 0 saturated carbocycles. The van der Waals surface area contributed by atoms with E-state index >= 15 is 0 Å². The normalized spacial score (nSPS) is 10.9. The van der Waals surface area contributed by atoms with Gasteiger partial charge in [-0.3, -0.25) is 10.1 Å². The van der Waals surface area contributed by atoms with E-state index in [1.54, 1.807) is 50.6 Å². The molecular weight excluding hydrogens is 519 g/mol. The lowest BCUT2D eigenvalue weighted by Crippen LogP contribution is -2.07. The molecule has 6 nitrogen and oxygen atoms in total. The Morgan fingerprint density at radius 1 is 1.00 bits per heavy atom. The van der Waals surface area contributed by atoms with Crippen molar-refractivity contribution in [3.63, 3.8) is 0 Å². The second-order valence-electron chi connectivity index (χ2n) is 7.49. The maximum atomic E-state index is 12.4. The number of nitrogens with zero attached hydrogens (tertiary/aromatic N) is 1. The third-order valence-corrected chi connectivity index (χ3v) is 6.63. The Morgan fingerprint density at radius 2 is 1.75 bits per heavy atom. The first-order valence-electron chi connectivity index (χ1n) is 10.8. The van der Waals surface area contributed by atoms with Crippen molar-refractivity contribution in [3.05, 3.63) is 93.3 Å². The maximum absolute atomic E-state index is 12.4. The van der Waals surface area contributed by atoms with Gasteiger partial charge in [0, 0.05) is 32.6 Å². The largest absolute Gasteiger partial charge is 0.497 e. The molecule has 1 N–H and O–H groups in total. The molecule has 9 heteroatoms. The molecule has 4 rings (SSSR count). The zero-order valence-corrected chi connectivity index (χ0v) is 21.8. The quantitative estimate of drug-likeness (QED) is 0.224. The molecule has 0 spiro atoms. The highest BCUT2D eigenvalue weighted by molar-refractivity contribution is 7.14. The number of amides is 1. The van der Waals surface area contributed by atoms with Gasteiger partial charge in [0.15, 0.2) is 16.6 Å². The molecule has 184 valence electrons. The summed E-state index contributed by atoms with van der Waals surface area (Å²) in [4.78, 5) is 16.9. The molecule has 0 aliphatic rings. The highest BCUT2D eigenvalue weighted by Crippen LogP contribution is 2.32. The van der Waals surface area contributed by atoms with Gasteiger partial charge in [-0.1, -0.05) is 35.3 Å². The van der Waals surface area contributed by atoms with Crippen LogP contribution in [0, 0.1) is 0 Å². The smallest absolute Gasteiger partial charge is 0.250 e. The number of nitrogens with one attached hydrogen (secondary N) is 1. The maximum Gasteiger partial charge on any atom is 0.250 e. The van der Waals surface area contributed by atoms with Crippen LogP contribution in [0.1, 0.15) is 11.1 Å². The Hall–Kier alpha value is -3.52. The lowest BCUT2D eigenvalue weighted by atomic mass is 10.2. The van der Waals surface area contributed by atoms with Crippen molar-refractivity contribution >= 4 is 51.7 Å². The van der Waals surface area contributed by atoms with E-state index in [2.05, 4.69) is 10.3 Å². The summed E-state index contributed by atoms with van der Waals surface area (Å²) in [5.74, 6) is 1.53. The number of ether oxygens (including phenoxy) is 3. The van der Waals surface area contributed by atoms with Gasteiger partial charge in [0.05, 0.1) is 19.9 Å². The first kappa shape index (κ1) is 25.6. The zero-order valence-electron chi connectivity index (χ0n) is 19.5. The van der Waals surface area contributed by atoms with Crippen LogP contribution in [0.5, 0.6) is 17.2 Å². The van der Waals surface area contributed by atoms with Gasteiger partial charge in [-0.15, -0.1) is 11.3 Å². The van der Waals surface area contributed by atoms with Gasteiger partial charge < -0.3 is 14.2 Å². The molecule has 4 aromatic rings. The van der Waals surface area contributed by atoms with Crippen LogP contribution in [0.3, 0.4) is 0 Å². The van der Waals surface area contributed by atoms with Crippen molar-refractivity contribution in [3.8, 4) is 28.5 Å². The third kappa shape index (κ3) is 6.37. The van der Waals surface area contributed by atoms with E-state index in [1.165, 1.54) is 17.4 Å². The SMILES string of the molecule is COc1ccc(-c2csc(NC(=O)C=Cc3ccc(OCc4c(Cl)cccc4Cl)c(OC)c3)n2)cc1. The van der Waals surface area contributed by atoms with Crippen LogP contribution < -0.4 is 19.5 Å². The minimum absolute atomic E-state index is 0.193. The van der Waals surface area contributed by atoms with E-state index in [4.69, 9.17) is 37.4 Å². The zero-order chi connectivity index (χ0) is 25.5. The Morgan fingerprint density at radius 3 is 2.44 bits per heavy atom. The van der Waals surface area contributed by atoms with Crippen LogP contribution in [0.2, 0.25) is 10.0 Å². The molecule has 0 fully saturated rings. The van der Waals surface area contributed by atoms with Gasteiger partial charge in [0.2, 0.25) is 5.91 Å². The summed E-state index contributed by atoms with van der Waals surface area (Å²) in [6, 6.07) is 18.2. The number of hydrogen-bond donors (Lipinski definition) is 1. The molecule has 3 aromatic carbocycles. The van der Waals surface area contributed by atoms with Crippen LogP contribution in [-0.4, -0.2) is 25.1 Å². The van der Waals surface area contributed by atoms with E-state index in [0.717, 1.165) is 22.6 Å². The summed E-state index contributed by atoms with van der Waals surface area (Å²) in [5.41, 5.74) is 3.18. The van der Waals surface area contributed by atoms with Crippen LogP contribution in [-0.2, 0) is 11.4 Å². The Labute approximate surface area is 223 Å². The minimum Gasteiger partial charge on any atom is -0.497 e. The molecule has 1 amide bonds. The topological polar surface area (TPSA) is 69.7 Å². The van der Waals surface area contributed by atoms with Crippen molar-refractivity contribution in [1.29, 1.82) is 0 Å². The van der Waals surface area contributed by atoms with Crippen LogP contribution >= 0.6 is 34.5 Å². The van der Waals surface area contributed by atoms with Crippen LogP contribution in [0.15, 0.2) is 72.1 Å². The van der Waals surface area contributed by atoms with Crippen molar-refractivity contribution in [2.45, 2.75) is 6.61 Å². The highest BCUT2D eigenvalue weighted by Gasteiger charge is 2.10. The molecule has 0 unspecified atom stereocenters. The van der Waals surface area contributed by atoms with Gasteiger partial charge in [-0.2, -0.15) is 0 Å². The van der Waals surface area contributed by atoms with Gasteiger partial charge in [0.25, 0.3) is 0 Å². The Balaban J connectivity index is 1.38. The third-order valence-electron chi connectivity index (χ3n) is 5.17. The number of aromatic nitrogens is 1. The molecule has 36 heavy (non-hydrogen) atoms. The number of carbonyl (C=O) groups excluding carboxylic acids is 1. The van der Waals surface area contributed by atoms with Crippen molar-refractivity contribution in [2.24, 2.45) is 0 Å². The standard InChI is InChI=1S/C27H22Cl2N2O4S/c1-33-19-10-8-18(9-11-19)23-16-36-27(30-23)31-26(32)13-7-17-6-12-24(25(14-17)34-2)35-15-20-21(28)4-3-5-22(20)29/h3-14,16H,15H2,1-2H3,(H,30,31,32). The van der Waals surface area contributed by atoms with Crippen molar-refractivity contribution < 1.29 is 19.0 Å². The van der Waals surface area contributed by atoms with E-state index in [-0.39, 0.29) is 12.5 Å². The van der Waals surface area contributed by atoms with Gasteiger partial charge in [-0.05, 0) is 60.2 Å². The minimum atomic E-state index is -0.293. The number of anilines is 1. The molecule has 0 aliphatic carbocycles. The lowest BCUT2D eigenvalue weighted by molar-refractivity contribution is -0.111. The average Bonchev–Trinajstić information content (AvgIpc) is 3.36. The predicted octanol–water partition coefficient (Wildman–Crippen LogP) is 7.37. The average molecular weight is 541 g/mol. The second-order valence-corrected chi connectivity index (χ2v) is 9.16. The van der Waals surface area contributed by atoms with Gasteiger partial charge in [-0.25, -0.2) is 4.98 Å². The fraction of sp³-hybridized carbons (Fsp3) is 0.111. The molecule has 0 aliphatic heterocycles. The lowest BCUT2D eigenvalue weighted by Gasteiger charge is -2.13. The molecule has 0 saturated heterocycles. The highest BCUT2D eigenvalue weighted by atomic mass is 35.5. The fourth-order valence-electron chi connectivity index (χ4n) is 3.27. The summed E-state index contributed by atoms with van der Waals surface area (Å²) in [5, 5.41) is 6.25. The van der Waals surface area contributed by atoms with Crippen molar-refractivity contribution in [2.75, 3.05) is 19.5 Å². The Kier molecular flexibility index (Phi) is 8.48. The number of hydrogen-bond acceptors (Lipinski definition) is 6. The molecule has 0 atom stereocenters. The van der Waals surface area contributed by atoms with Crippen LogP contribution in [0.4, 0.5) is 5.13 Å². The number of carbonyl (C=O) groups is 1. The second kappa shape index (κ2) is 11.9. The first-order chi connectivity index (χ1) is 17.5. The van der Waals surface area contributed by atoms with Crippen LogP contribution in [0.25, 0.3) is 17.3 Å².